The molecule has 12 heavy (non-hydrogen) atoms. The normalized spacial score (nSPS) is 13.3. The minimum Gasteiger partial charge on any atom is -0.389 e. The molecule has 0 aliphatic heterocycles. The van der Waals surface area contributed by atoms with Crippen LogP contribution < -0.4 is 5.32 Å². The Balaban J connectivity index is 3.93. The third kappa shape index (κ3) is 5.96. The Kier molecular flexibility index (Phi) is 6.44. The van der Waals surface area contributed by atoms with Crippen LogP contribution in [0.4, 0.5) is 0 Å². The quantitative estimate of drug-likeness (QED) is 0.626. The van der Waals surface area contributed by atoms with Crippen molar-refractivity contribution < 1.29 is 0 Å². The van der Waals surface area contributed by atoms with Crippen molar-refractivity contribution in [2.75, 3.05) is 13.1 Å². The molecule has 0 unspecified atom stereocenters. The van der Waals surface area contributed by atoms with E-state index in [1.807, 2.05) is 6.92 Å². The summed E-state index contributed by atoms with van der Waals surface area (Å²) in [4.78, 5) is 4.37. The second kappa shape index (κ2) is 6.89. The van der Waals surface area contributed by atoms with Gasteiger partial charge in [0, 0.05) is 24.5 Å². The van der Waals surface area contributed by atoms with Gasteiger partial charge in [0.25, 0.3) is 0 Å². The fourth-order valence-electron chi connectivity index (χ4n) is 0.977. The molecule has 2 heteroatoms. The number of aliphatic imine (C=N–C) groups is 1. The van der Waals surface area contributed by atoms with E-state index in [0.717, 1.165) is 25.2 Å². The van der Waals surface area contributed by atoms with Crippen LogP contribution in [0.15, 0.2) is 16.8 Å². The summed E-state index contributed by atoms with van der Waals surface area (Å²) >= 11 is 0. The first-order chi connectivity index (χ1) is 5.70. The van der Waals surface area contributed by atoms with Crippen molar-refractivity contribution in [3.8, 4) is 0 Å². The van der Waals surface area contributed by atoms with Crippen molar-refractivity contribution in [2.45, 2.75) is 34.1 Å². The van der Waals surface area contributed by atoms with Crippen molar-refractivity contribution >= 4 is 5.71 Å². The third-order valence-electron chi connectivity index (χ3n) is 1.47. The lowest BCUT2D eigenvalue weighted by Crippen LogP contribution is -2.10. The van der Waals surface area contributed by atoms with Crippen molar-refractivity contribution in [2.24, 2.45) is 4.99 Å². The van der Waals surface area contributed by atoms with Crippen LogP contribution in [0.5, 0.6) is 0 Å². The largest absolute Gasteiger partial charge is 0.389 e. The molecule has 70 valence electrons. The summed E-state index contributed by atoms with van der Waals surface area (Å²) < 4.78 is 0. The molecule has 2 nitrogen and oxygen atoms in total. The number of allylic oxidation sites excluding steroid dienone is 2. The summed E-state index contributed by atoms with van der Waals surface area (Å²) in [7, 11) is 0. The minimum absolute atomic E-state index is 0.932. The Labute approximate surface area is 75.8 Å². The summed E-state index contributed by atoms with van der Waals surface area (Å²) in [6.07, 6.45) is 3.20. The van der Waals surface area contributed by atoms with Crippen LogP contribution in [0, 0.1) is 0 Å². The Morgan fingerprint density at radius 3 is 2.50 bits per heavy atom. The van der Waals surface area contributed by atoms with Crippen molar-refractivity contribution in [3.05, 3.63) is 11.8 Å². The van der Waals surface area contributed by atoms with Crippen molar-refractivity contribution in [1.29, 1.82) is 0 Å². The first kappa shape index (κ1) is 11.2. The van der Waals surface area contributed by atoms with Gasteiger partial charge in [-0.05, 0) is 33.3 Å². The summed E-state index contributed by atoms with van der Waals surface area (Å²) in [6.45, 7) is 10.2. The van der Waals surface area contributed by atoms with Crippen LogP contribution in [0.3, 0.4) is 0 Å². The number of hydrogen-bond donors (Lipinski definition) is 1. The molecule has 0 bridgehead atoms. The maximum absolute atomic E-state index is 4.37. The van der Waals surface area contributed by atoms with Crippen LogP contribution in [0.2, 0.25) is 0 Å². The topological polar surface area (TPSA) is 24.4 Å². The van der Waals surface area contributed by atoms with E-state index in [-0.39, 0.29) is 0 Å². The maximum Gasteiger partial charge on any atom is 0.0389 e. The lowest BCUT2D eigenvalue weighted by Gasteiger charge is -2.01. The molecule has 0 saturated carbocycles. The van der Waals surface area contributed by atoms with Gasteiger partial charge in [0.2, 0.25) is 0 Å². The maximum atomic E-state index is 4.37. The Morgan fingerprint density at radius 2 is 2.00 bits per heavy atom. The predicted molar refractivity (Wildman–Crippen MR) is 55.7 cm³/mol. The molecule has 0 aromatic heterocycles. The molecule has 0 spiro atoms. The molecule has 0 aromatic rings. The molecule has 0 heterocycles. The first-order valence-corrected chi connectivity index (χ1v) is 4.63. The van der Waals surface area contributed by atoms with E-state index in [9.17, 15) is 0 Å². The molecule has 0 saturated heterocycles. The van der Waals surface area contributed by atoms with Crippen LogP contribution in [0.25, 0.3) is 0 Å². The van der Waals surface area contributed by atoms with Gasteiger partial charge in [-0.25, -0.2) is 0 Å². The molecule has 0 fully saturated rings. The first-order valence-electron chi connectivity index (χ1n) is 4.63. The van der Waals surface area contributed by atoms with E-state index in [1.165, 1.54) is 5.70 Å². The molecule has 0 aromatic carbocycles. The number of hydrogen-bond acceptors (Lipinski definition) is 2. The van der Waals surface area contributed by atoms with Crippen LogP contribution in [-0.4, -0.2) is 18.8 Å². The molecular formula is C10H20N2. The third-order valence-corrected chi connectivity index (χ3v) is 1.47. The van der Waals surface area contributed by atoms with Crippen LogP contribution in [-0.2, 0) is 0 Å². The molecule has 0 aliphatic rings. The molecule has 0 aliphatic carbocycles. The number of nitrogens with zero attached hydrogens (tertiary/aromatic N) is 1. The van der Waals surface area contributed by atoms with Gasteiger partial charge in [0.15, 0.2) is 0 Å². The van der Waals surface area contributed by atoms with Crippen molar-refractivity contribution in [3.63, 3.8) is 0 Å². The Morgan fingerprint density at radius 1 is 1.33 bits per heavy atom. The average molecular weight is 168 g/mol. The SMILES string of the molecule is CCCN=C(C)/C=C(/C)NCC. The second-order valence-electron chi connectivity index (χ2n) is 2.88. The Hall–Kier alpha value is -0.790. The highest BCUT2D eigenvalue weighted by Crippen LogP contribution is 1.90. The van der Waals surface area contributed by atoms with Gasteiger partial charge in [0.05, 0.1) is 0 Å². The summed E-state index contributed by atoms with van der Waals surface area (Å²) in [6, 6.07) is 0. The molecule has 0 atom stereocenters. The summed E-state index contributed by atoms with van der Waals surface area (Å²) in [5.41, 5.74) is 2.30. The van der Waals surface area contributed by atoms with E-state index in [1.54, 1.807) is 0 Å². The molecular weight excluding hydrogens is 148 g/mol. The zero-order valence-electron chi connectivity index (χ0n) is 8.65. The lowest BCUT2D eigenvalue weighted by molar-refractivity contribution is 0.855. The van der Waals surface area contributed by atoms with Gasteiger partial charge in [-0.15, -0.1) is 0 Å². The average Bonchev–Trinajstić information content (AvgIpc) is 2.01. The molecule has 1 N–H and O–H groups in total. The smallest absolute Gasteiger partial charge is 0.0389 e. The van der Waals surface area contributed by atoms with E-state index in [4.69, 9.17) is 0 Å². The van der Waals surface area contributed by atoms with Gasteiger partial charge in [0.1, 0.15) is 0 Å². The second-order valence-corrected chi connectivity index (χ2v) is 2.88. The highest BCUT2D eigenvalue weighted by molar-refractivity contribution is 5.93. The van der Waals surface area contributed by atoms with Gasteiger partial charge in [-0.1, -0.05) is 6.92 Å². The molecule has 0 rings (SSSR count). The predicted octanol–water partition coefficient (Wildman–Crippen LogP) is 2.37. The zero-order chi connectivity index (χ0) is 9.40. The number of rotatable bonds is 5. The molecule has 0 amide bonds. The number of nitrogens with one attached hydrogen (secondary N) is 1. The van der Waals surface area contributed by atoms with Crippen LogP contribution in [0.1, 0.15) is 34.1 Å². The zero-order valence-corrected chi connectivity index (χ0v) is 8.65. The van der Waals surface area contributed by atoms with Gasteiger partial charge < -0.3 is 5.32 Å². The van der Waals surface area contributed by atoms with Gasteiger partial charge >= 0.3 is 0 Å². The fourth-order valence-corrected chi connectivity index (χ4v) is 0.977. The summed E-state index contributed by atoms with van der Waals surface area (Å²) in [5, 5.41) is 3.23. The fraction of sp³-hybridized carbons (Fsp3) is 0.700. The van der Waals surface area contributed by atoms with Gasteiger partial charge in [-0.3, -0.25) is 4.99 Å². The van der Waals surface area contributed by atoms with E-state index >= 15 is 0 Å². The monoisotopic (exact) mass is 168 g/mol. The van der Waals surface area contributed by atoms with Gasteiger partial charge in [-0.2, -0.15) is 0 Å². The van der Waals surface area contributed by atoms with E-state index in [2.05, 4.69) is 37.2 Å². The standard InChI is InChI=1S/C10H20N2/c1-5-7-12-10(4)8-9(3)11-6-2/h8,11H,5-7H2,1-4H3/b9-8-,12-10?. The summed E-state index contributed by atoms with van der Waals surface area (Å²) in [5.74, 6) is 0. The van der Waals surface area contributed by atoms with E-state index in [0.29, 0.717) is 0 Å². The van der Waals surface area contributed by atoms with Crippen LogP contribution >= 0.6 is 0 Å². The highest BCUT2D eigenvalue weighted by Gasteiger charge is 1.87. The lowest BCUT2D eigenvalue weighted by atomic mass is 10.3. The Bertz CT molecular complexity index is 169. The minimum atomic E-state index is 0.932. The van der Waals surface area contributed by atoms with Crippen molar-refractivity contribution in [1.82, 2.24) is 5.32 Å². The highest BCUT2D eigenvalue weighted by atomic mass is 14.9. The molecule has 0 radical (unpaired) electrons. The van der Waals surface area contributed by atoms with E-state index < -0.39 is 0 Å².